The first-order valence-corrected chi connectivity index (χ1v) is 10.1. The van der Waals surface area contributed by atoms with Crippen molar-refractivity contribution < 1.29 is 23.8 Å². The monoisotopic (exact) mass is 427 g/mol. The maximum Gasteiger partial charge on any atom is 0.240 e. The topological polar surface area (TPSA) is 112 Å². The average Bonchev–Trinajstić information content (AvgIpc) is 2.88. The second-order valence-corrected chi connectivity index (χ2v) is 7.55. The largest absolute Gasteiger partial charge is 0.493 e. The fourth-order valence-corrected chi connectivity index (χ4v) is 3.96. The van der Waals surface area contributed by atoms with E-state index in [0.29, 0.717) is 35.8 Å². The van der Waals surface area contributed by atoms with Gasteiger partial charge in [-0.05, 0) is 54.7 Å². The number of anilines is 1. The molecule has 0 spiro atoms. The Morgan fingerprint density at radius 3 is 2.39 bits per heavy atom. The van der Waals surface area contributed by atoms with Crippen molar-refractivity contribution in [3.63, 3.8) is 0 Å². The molecule has 3 rings (SSSR count). The second kappa shape index (κ2) is 9.26. The van der Waals surface area contributed by atoms with Crippen LogP contribution < -0.4 is 30.6 Å². The number of benzene rings is 2. The Morgan fingerprint density at radius 1 is 1.10 bits per heavy atom. The van der Waals surface area contributed by atoms with Gasteiger partial charge in [0, 0.05) is 18.2 Å². The first kappa shape index (κ1) is 22.4. The average molecular weight is 428 g/mol. The number of methoxy groups -OCH3 is 3. The zero-order valence-electron chi connectivity index (χ0n) is 18.5. The van der Waals surface area contributed by atoms with Gasteiger partial charge < -0.3 is 30.6 Å². The van der Waals surface area contributed by atoms with Crippen molar-refractivity contribution in [1.29, 1.82) is 0 Å². The van der Waals surface area contributed by atoms with E-state index in [9.17, 15) is 9.59 Å². The maximum absolute atomic E-state index is 12.1. The molecule has 0 heterocycles. The van der Waals surface area contributed by atoms with Gasteiger partial charge in [-0.2, -0.15) is 0 Å². The molecule has 0 aromatic heterocycles. The van der Waals surface area contributed by atoms with E-state index in [0.717, 1.165) is 22.3 Å². The molecule has 8 heteroatoms. The molecule has 1 aliphatic rings. The summed E-state index contributed by atoms with van der Waals surface area (Å²) in [5.74, 6) is 1.23. The van der Waals surface area contributed by atoms with Crippen molar-refractivity contribution in [3.8, 4) is 28.4 Å². The van der Waals surface area contributed by atoms with E-state index in [4.69, 9.17) is 19.9 Å². The number of fused-ring (bicyclic) bond motifs is 3. The highest BCUT2D eigenvalue weighted by molar-refractivity contribution is 5.95. The molecule has 0 aliphatic heterocycles. The number of amides is 2. The first-order chi connectivity index (χ1) is 14.8. The van der Waals surface area contributed by atoms with Gasteiger partial charge in [-0.3, -0.25) is 9.59 Å². The molecule has 0 saturated heterocycles. The Balaban J connectivity index is 2.24. The summed E-state index contributed by atoms with van der Waals surface area (Å²) in [6.45, 7) is 3.12. The van der Waals surface area contributed by atoms with Crippen LogP contribution in [0.15, 0.2) is 24.3 Å². The number of nitrogens with one attached hydrogen (secondary N) is 2. The smallest absolute Gasteiger partial charge is 0.240 e. The molecule has 8 nitrogen and oxygen atoms in total. The third kappa shape index (κ3) is 4.44. The highest BCUT2D eigenvalue weighted by Crippen LogP contribution is 2.50. The van der Waals surface area contributed by atoms with Crippen molar-refractivity contribution in [2.24, 2.45) is 5.73 Å². The quantitative estimate of drug-likeness (QED) is 0.654. The molecule has 1 aliphatic carbocycles. The number of carbonyl (C=O) groups excluding carboxylic acids is 2. The van der Waals surface area contributed by atoms with Crippen LogP contribution in [0.2, 0.25) is 0 Å². The third-order valence-corrected chi connectivity index (χ3v) is 5.37. The lowest BCUT2D eigenvalue weighted by Gasteiger charge is -2.22. The Labute approximate surface area is 182 Å². The van der Waals surface area contributed by atoms with Crippen LogP contribution in [0.3, 0.4) is 0 Å². The number of hydrogen-bond donors (Lipinski definition) is 3. The van der Waals surface area contributed by atoms with Crippen LogP contribution in [0.1, 0.15) is 37.4 Å². The highest BCUT2D eigenvalue weighted by Gasteiger charge is 2.29. The molecule has 31 heavy (non-hydrogen) atoms. The molecule has 2 aromatic carbocycles. The van der Waals surface area contributed by atoms with Crippen molar-refractivity contribution in [2.45, 2.75) is 38.8 Å². The van der Waals surface area contributed by atoms with E-state index in [1.54, 1.807) is 28.3 Å². The summed E-state index contributed by atoms with van der Waals surface area (Å²) < 4.78 is 16.9. The number of nitrogens with two attached hydrogens (primary N) is 1. The number of carbonyl (C=O) groups is 2. The van der Waals surface area contributed by atoms with Crippen LogP contribution in [0.25, 0.3) is 11.1 Å². The summed E-state index contributed by atoms with van der Waals surface area (Å²) in [5.41, 5.74) is 9.97. The predicted octanol–water partition coefficient (Wildman–Crippen LogP) is 2.79. The minimum absolute atomic E-state index is 0.131. The zero-order chi connectivity index (χ0) is 22.7. The van der Waals surface area contributed by atoms with Gasteiger partial charge in [0.1, 0.15) is 0 Å². The minimum Gasteiger partial charge on any atom is -0.493 e. The maximum atomic E-state index is 12.1. The lowest BCUT2D eigenvalue weighted by Crippen LogP contribution is -2.32. The standard InChI is InChI=1S/C23H29N3O5/c1-12(24)23(28)26-15-7-8-16-17(11-15)18(25-13(2)27)9-6-14-10-19(29-3)21(30-4)22(31-5)20(14)16/h7-8,10-12,18H,6,9,24H2,1-5H3,(H,25,27)(H,26,28). The summed E-state index contributed by atoms with van der Waals surface area (Å²) in [5, 5.41) is 5.86. The van der Waals surface area contributed by atoms with Gasteiger partial charge in [-0.1, -0.05) is 6.07 Å². The molecular weight excluding hydrogens is 398 g/mol. The third-order valence-electron chi connectivity index (χ3n) is 5.37. The van der Waals surface area contributed by atoms with E-state index in [1.807, 2.05) is 24.3 Å². The lowest BCUT2D eigenvalue weighted by molar-refractivity contribution is -0.120. The number of hydrogen-bond acceptors (Lipinski definition) is 6. The van der Waals surface area contributed by atoms with Crippen molar-refractivity contribution in [3.05, 3.63) is 35.4 Å². The number of aryl methyl sites for hydroxylation is 1. The SMILES string of the molecule is COc1cc2c(c(OC)c1OC)-c1ccc(NC(=O)C(C)N)cc1C(NC(C)=O)CC2. The Morgan fingerprint density at radius 2 is 1.81 bits per heavy atom. The Bertz CT molecular complexity index is 1000. The molecule has 0 saturated carbocycles. The van der Waals surface area contributed by atoms with Crippen molar-refractivity contribution >= 4 is 17.5 Å². The van der Waals surface area contributed by atoms with E-state index < -0.39 is 6.04 Å². The van der Waals surface area contributed by atoms with E-state index in [-0.39, 0.29) is 17.9 Å². The van der Waals surface area contributed by atoms with Gasteiger partial charge in [0.25, 0.3) is 0 Å². The van der Waals surface area contributed by atoms with Crippen molar-refractivity contribution in [1.82, 2.24) is 5.32 Å². The first-order valence-electron chi connectivity index (χ1n) is 10.1. The van der Waals surface area contributed by atoms with Gasteiger partial charge in [0.2, 0.25) is 17.6 Å². The van der Waals surface area contributed by atoms with E-state index in [2.05, 4.69) is 10.6 Å². The fraction of sp³-hybridized carbons (Fsp3) is 0.391. The Hall–Kier alpha value is -3.26. The summed E-state index contributed by atoms with van der Waals surface area (Å²) in [6, 6.07) is 6.68. The van der Waals surface area contributed by atoms with Crippen LogP contribution in [-0.2, 0) is 16.0 Å². The molecule has 4 N–H and O–H groups in total. The van der Waals surface area contributed by atoms with E-state index >= 15 is 0 Å². The fourth-order valence-electron chi connectivity index (χ4n) is 3.96. The molecule has 2 unspecified atom stereocenters. The molecule has 0 fully saturated rings. The summed E-state index contributed by atoms with van der Waals surface area (Å²) >= 11 is 0. The predicted molar refractivity (Wildman–Crippen MR) is 119 cm³/mol. The minimum atomic E-state index is -0.637. The van der Waals surface area contributed by atoms with Gasteiger partial charge in [0.05, 0.1) is 33.4 Å². The molecule has 0 bridgehead atoms. The Kier molecular flexibility index (Phi) is 6.70. The number of rotatable bonds is 6. The zero-order valence-corrected chi connectivity index (χ0v) is 18.5. The molecule has 2 aromatic rings. The highest BCUT2D eigenvalue weighted by atomic mass is 16.5. The van der Waals surface area contributed by atoms with Crippen LogP contribution >= 0.6 is 0 Å². The molecule has 166 valence electrons. The normalized spacial score (nSPS) is 15.6. The van der Waals surface area contributed by atoms with Gasteiger partial charge in [-0.25, -0.2) is 0 Å². The molecular formula is C23H29N3O5. The van der Waals surface area contributed by atoms with Gasteiger partial charge >= 0.3 is 0 Å². The summed E-state index contributed by atoms with van der Waals surface area (Å²) in [7, 11) is 4.74. The lowest BCUT2D eigenvalue weighted by atomic mass is 9.93. The second-order valence-electron chi connectivity index (χ2n) is 7.55. The van der Waals surface area contributed by atoms with E-state index in [1.165, 1.54) is 6.92 Å². The van der Waals surface area contributed by atoms with Crippen LogP contribution in [-0.4, -0.2) is 39.2 Å². The molecule has 2 amide bonds. The summed E-state index contributed by atoms with van der Waals surface area (Å²) in [4.78, 5) is 24.0. The van der Waals surface area contributed by atoms with Gasteiger partial charge in [-0.15, -0.1) is 0 Å². The molecule has 2 atom stereocenters. The van der Waals surface area contributed by atoms with Crippen LogP contribution in [0, 0.1) is 0 Å². The van der Waals surface area contributed by atoms with Crippen LogP contribution in [0.5, 0.6) is 17.2 Å². The van der Waals surface area contributed by atoms with Crippen LogP contribution in [0.4, 0.5) is 5.69 Å². The molecule has 0 radical (unpaired) electrons. The van der Waals surface area contributed by atoms with Crippen molar-refractivity contribution in [2.75, 3.05) is 26.6 Å². The summed E-state index contributed by atoms with van der Waals surface area (Å²) in [6.07, 6.45) is 1.36. The number of ether oxygens (including phenoxy) is 3. The van der Waals surface area contributed by atoms with Gasteiger partial charge in [0.15, 0.2) is 11.5 Å².